The first-order valence-electron chi connectivity index (χ1n) is 7.15. The van der Waals surface area contributed by atoms with Crippen LogP contribution < -0.4 is 5.32 Å². The Balaban J connectivity index is 2.45. The molecule has 1 aromatic rings. The second kappa shape index (κ2) is 9.16. The molecular weight excluding hydrogens is 274 g/mol. The third-order valence-electron chi connectivity index (χ3n) is 3.25. The van der Waals surface area contributed by atoms with Crippen LogP contribution in [0.15, 0.2) is 11.6 Å². The number of aryl methyl sites for hydroxylation is 2. The summed E-state index contributed by atoms with van der Waals surface area (Å²) in [5, 5.41) is 8.59. The minimum absolute atomic E-state index is 0.757. The van der Waals surface area contributed by atoms with Gasteiger partial charge in [0.2, 0.25) is 0 Å². The van der Waals surface area contributed by atoms with Crippen LogP contribution in [0.5, 0.6) is 0 Å². The molecule has 0 fully saturated rings. The van der Waals surface area contributed by atoms with Gasteiger partial charge in [0.15, 0.2) is 0 Å². The Hall–Kier alpha value is -0.840. The summed E-state index contributed by atoms with van der Waals surface area (Å²) in [6, 6.07) is 0. The molecule has 0 saturated carbocycles. The molecule has 0 bridgehead atoms. The monoisotopic (exact) mass is 299 g/mol. The van der Waals surface area contributed by atoms with Crippen molar-refractivity contribution >= 4 is 11.6 Å². The molecular formula is C15H26ClN3O. The van der Waals surface area contributed by atoms with Crippen molar-refractivity contribution in [2.24, 2.45) is 7.05 Å². The molecule has 1 N–H and O–H groups in total. The zero-order chi connectivity index (χ0) is 15.0. The summed E-state index contributed by atoms with van der Waals surface area (Å²) in [6.45, 7) is 6.85. The quantitative estimate of drug-likeness (QED) is 0.563. The number of hydrogen-bond donors (Lipinski definition) is 1. The van der Waals surface area contributed by atoms with Gasteiger partial charge in [0, 0.05) is 27.1 Å². The minimum atomic E-state index is 0.757. The predicted octanol–water partition coefficient (Wildman–Crippen LogP) is 2.75. The highest BCUT2D eigenvalue weighted by Gasteiger charge is 2.12. The first-order valence-corrected chi connectivity index (χ1v) is 7.53. The lowest BCUT2D eigenvalue weighted by atomic mass is 10.1. The van der Waals surface area contributed by atoms with E-state index in [1.165, 1.54) is 5.57 Å². The lowest BCUT2D eigenvalue weighted by molar-refractivity contribution is 0.199. The highest BCUT2D eigenvalue weighted by Crippen LogP contribution is 2.23. The van der Waals surface area contributed by atoms with E-state index in [-0.39, 0.29) is 0 Å². The highest BCUT2D eigenvalue weighted by atomic mass is 35.5. The third-order valence-corrected chi connectivity index (χ3v) is 3.68. The van der Waals surface area contributed by atoms with Crippen LogP contribution in [0, 0.1) is 0 Å². The number of nitrogens with one attached hydrogen (secondary N) is 1. The van der Waals surface area contributed by atoms with Gasteiger partial charge in [0.05, 0.1) is 23.0 Å². The lowest BCUT2D eigenvalue weighted by Gasteiger charge is -2.05. The fourth-order valence-electron chi connectivity index (χ4n) is 2.07. The predicted molar refractivity (Wildman–Crippen MR) is 84.4 cm³/mol. The van der Waals surface area contributed by atoms with Crippen molar-refractivity contribution in [3.8, 4) is 0 Å². The number of aromatic nitrogens is 2. The van der Waals surface area contributed by atoms with Crippen LogP contribution in [0.2, 0.25) is 5.02 Å². The molecule has 5 heteroatoms. The normalized spacial score (nSPS) is 12.2. The standard InChI is InChI=1S/C15H26ClN3O/c1-5-13-15(16)14(19(3)18-13)11-12(2)7-6-8-17-9-10-20-4/h7,17H,5-6,8-11H2,1-4H3. The molecule has 114 valence electrons. The van der Waals surface area contributed by atoms with Crippen molar-refractivity contribution in [3.05, 3.63) is 28.1 Å². The van der Waals surface area contributed by atoms with Gasteiger partial charge in [-0.2, -0.15) is 5.10 Å². The van der Waals surface area contributed by atoms with Gasteiger partial charge in [-0.1, -0.05) is 30.2 Å². The Morgan fingerprint density at radius 3 is 2.80 bits per heavy atom. The largest absolute Gasteiger partial charge is 0.383 e. The number of nitrogens with zero attached hydrogens (tertiary/aromatic N) is 2. The van der Waals surface area contributed by atoms with Crippen molar-refractivity contribution in [2.75, 3.05) is 26.8 Å². The van der Waals surface area contributed by atoms with Gasteiger partial charge in [-0.15, -0.1) is 0 Å². The fourth-order valence-corrected chi connectivity index (χ4v) is 2.43. The second-order valence-corrected chi connectivity index (χ2v) is 5.32. The molecule has 0 atom stereocenters. The molecule has 0 spiro atoms. The number of methoxy groups -OCH3 is 1. The number of hydrogen-bond acceptors (Lipinski definition) is 3. The molecule has 0 aromatic carbocycles. The van der Waals surface area contributed by atoms with E-state index in [2.05, 4.69) is 30.3 Å². The van der Waals surface area contributed by atoms with Crippen LogP contribution in [-0.4, -0.2) is 36.6 Å². The van der Waals surface area contributed by atoms with Crippen molar-refractivity contribution in [3.63, 3.8) is 0 Å². The van der Waals surface area contributed by atoms with Gasteiger partial charge in [-0.3, -0.25) is 4.68 Å². The molecule has 1 rings (SSSR count). The summed E-state index contributed by atoms with van der Waals surface area (Å²) < 4.78 is 6.88. The van der Waals surface area contributed by atoms with Crippen molar-refractivity contribution in [1.29, 1.82) is 0 Å². The number of halogens is 1. The molecule has 0 amide bonds. The first kappa shape index (κ1) is 17.2. The molecule has 0 saturated heterocycles. The SMILES string of the molecule is CCc1nn(C)c(CC(C)=CCCNCCOC)c1Cl. The third kappa shape index (κ3) is 5.27. The van der Waals surface area contributed by atoms with Crippen molar-refractivity contribution in [2.45, 2.75) is 33.1 Å². The van der Waals surface area contributed by atoms with E-state index in [9.17, 15) is 0 Å². The number of allylic oxidation sites excluding steroid dienone is 1. The number of ether oxygens (including phenoxy) is 1. The Labute approximate surface area is 127 Å². The maximum atomic E-state index is 6.36. The maximum absolute atomic E-state index is 6.36. The van der Waals surface area contributed by atoms with Gasteiger partial charge < -0.3 is 10.1 Å². The summed E-state index contributed by atoms with van der Waals surface area (Å²) in [6.07, 6.45) is 5.01. The summed E-state index contributed by atoms with van der Waals surface area (Å²) in [7, 11) is 3.67. The van der Waals surface area contributed by atoms with E-state index in [4.69, 9.17) is 16.3 Å². The van der Waals surface area contributed by atoms with E-state index in [1.54, 1.807) is 7.11 Å². The summed E-state index contributed by atoms with van der Waals surface area (Å²) in [5.74, 6) is 0. The molecule has 0 radical (unpaired) electrons. The van der Waals surface area contributed by atoms with Crippen LogP contribution in [-0.2, 0) is 24.6 Å². The smallest absolute Gasteiger partial charge is 0.0853 e. The Morgan fingerprint density at radius 1 is 1.45 bits per heavy atom. The van der Waals surface area contributed by atoms with E-state index >= 15 is 0 Å². The number of rotatable bonds is 9. The van der Waals surface area contributed by atoms with E-state index in [0.29, 0.717) is 0 Å². The van der Waals surface area contributed by atoms with Gasteiger partial charge in [-0.05, 0) is 26.3 Å². The van der Waals surface area contributed by atoms with Crippen LogP contribution in [0.1, 0.15) is 31.7 Å². The van der Waals surface area contributed by atoms with Crippen LogP contribution in [0.25, 0.3) is 0 Å². The van der Waals surface area contributed by atoms with E-state index < -0.39 is 0 Å². The average Bonchev–Trinajstić information content (AvgIpc) is 2.70. The summed E-state index contributed by atoms with van der Waals surface area (Å²) >= 11 is 6.36. The maximum Gasteiger partial charge on any atom is 0.0853 e. The Kier molecular flexibility index (Phi) is 7.88. The molecule has 0 aliphatic rings. The highest BCUT2D eigenvalue weighted by molar-refractivity contribution is 6.31. The van der Waals surface area contributed by atoms with E-state index in [1.807, 2.05) is 11.7 Å². The lowest BCUT2D eigenvalue weighted by Crippen LogP contribution is -2.19. The second-order valence-electron chi connectivity index (χ2n) is 4.94. The van der Waals surface area contributed by atoms with Crippen molar-refractivity contribution in [1.82, 2.24) is 15.1 Å². The molecule has 1 heterocycles. The van der Waals surface area contributed by atoms with Gasteiger partial charge in [0.1, 0.15) is 0 Å². The molecule has 4 nitrogen and oxygen atoms in total. The van der Waals surface area contributed by atoms with Crippen LogP contribution >= 0.6 is 11.6 Å². The van der Waals surface area contributed by atoms with Crippen molar-refractivity contribution < 1.29 is 4.74 Å². The summed E-state index contributed by atoms with van der Waals surface area (Å²) in [5.41, 5.74) is 3.41. The summed E-state index contributed by atoms with van der Waals surface area (Å²) in [4.78, 5) is 0. The zero-order valence-corrected chi connectivity index (χ0v) is 13.8. The minimum Gasteiger partial charge on any atom is -0.383 e. The van der Waals surface area contributed by atoms with Gasteiger partial charge >= 0.3 is 0 Å². The van der Waals surface area contributed by atoms with Crippen LogP contribution in [0.3, 0.4) is 0 Å². The average molecular weight is 300 g/mol. The molecule has 0 aliphatic heterocycles. The van der Waals surface area contributed by atoms with Gasteiger partial charge in [0.25, 0.3) is 0 Å². The molecule has 0 unspecified atom stereocenters. The van der Waals surface area contributed by atoms with Gasteiger partial charge in [-0.25, -0.2) is 0 Å². The first-order chi connectivity index (χ1) is 9.60. The fraction of sp³-hybridized carbons (Fsp3) is 0.667. The van der Waals surface area contributed by atoms with Crippen LogP contribution in [0.4, 0.5) is 0 Å². The molecule has 0 aliphatic carbocycles. The van der Waals surface area contributed by atoms with E-state index in [0.717, 1.165) is 55.4 Å². The molecule has 1 aromatic heterocycles. The topological polar surface area (TPSA) is 39.1 Å². The Morgan fingerprint density at radius 2 is 2.20 bits per heavy atom. The zero-order valence-electron chi connectivity index (χ0n) is 13.0. The molecule has 20 heavy (non-hydrogen) atoms. The Bertz CT molecular complexity index is 441.